The molecule has 0 bridgehead atoms. The molecule has 1 aromatic rings. The van der Waals surface area contributed by atoms with Crippen LogP contribution in [0.4, 0.5) is 5.69 Å². The largest absolute Gasteiger partial charge is 0.389 e. The van der Waals surface area contributed by atoms with Crippen LogP contribution in [0.3, 0.4) is 0 Å². The van der Waals surface area contributed by atoms with E-state index in [9.17, 15) is 0 Å². The van der Waals surface area contributed by atoms with Crippen LogP contribution in [0.25, 0.3) is 0 Å². The molecule has 0 aliphatic heterocycles. The smallest absolute Gasteiger partial charge is 0.106 e. The minimum Gasteiger partial charge on any atom is -0.389 e. The Labute approximate surface area is 122 Å². The van der Waals surface area contributed by atoms with E-state index in [0.29, 0.717) is 17.5 Å². The molecule has 100 valence electrons. The SMILES string of the molecule is COCC(Nc1ccc(Br)cc1C(N)=S)C(C)C. The van der Waals surface area contributed by atoms with Crippen LogP contribution in [0.5, 0.6) is 0 Å². The lowest BCUT2D eigenvalue weighted by Crippen LogP contribution is -2.31. The number of hydrogen-bond acceptors (Lipinski definition) is 3. The molecular formula is C13H19BrN2OS. The number of halogens is 1. The Hall–Kier alpha value is -0.650. The number of methoxy groups -OCH3 is 1. The summed E-state index contributed by atoms with van der Waals surface area (Å²) in [5.41, 5.74) is 7.54. The van der Waals surface area contributed by atoms with E-state index in [1.807, 2.05) is 18.2 Å². The molecule has 0 heterocycles. The molecule has 0 spiro atoms. The van der Waals surface area contributed by atoms with Crippen molar-refractivity contribution in [1.82, 2.24) is 0 Å². The van der Waals surface area contributed by atoms with Crippen molar-refractivity contribution in [2.75, 3.05) is 19.0 Å². The Morgan fingerprint density at radius 2 is 2.17 bits per heavy atom. The molecule has 3 N–H and O–H groups in total. The predicted molar refractivity (Wildman–Crippen MR) is 84.2 cm³/mol. The molecule has 3 nitrogen and oxygen atoms in total. The average Bonchev–Trinajstić information content (AvgIpc) is 2.30. The Kier molecular flexibility index (Phi) is 6.05. The molecule has 0 aromatic heterocycles. The molecule has 5 heteroatoms. The summed E-state index contributed by atoms with van der Waals surface area (Å²) in [6.07, 6.45) is 0. The van der Waals surface area contributed by atoms with Crippen molar-refractivity contribution in [3.63, 3.8) is 0 Å². The van der Waals surface area contributed by atoms with Crippen LogP contribution in [0, 0.1) is 5.92 Å². The van der Waals surface area contributed by atoms with Crippen molar-refractivity contribution in [3.05, 3.63) is 28.2 Å². The molecule has 0 radical (unpaired) electrons. The van der Waals surface area contributed by atoms with Crippen LogP contribution in [0.2, 0.25) is 0 Å². The van der Waals surface area contributed by atoms with Gasteiger partial charge in [-0.1, -0.05) is 42.0 Å². The monoisotopic (exact) mass is 330 g/mol. The van der Waals surface area contributed by atoms with Crippen LogP contribution in [-0.4, -0.2) is 24.7 Å². The van der Waals surface area contributed by atoms with Crippen LogP contribution < -0.4 is 11.1 Å². The van der Waals surface area contributed by atoms with E-state index in [4.69, 9.17) is 22.7 Å². The molecule has 1 aromatic carbocycles. The molecule has 1 atom stereocenters. The summed E-state index contributed by atoms with van der Waals surface area (Å²) in [6, 6.07) is 6.09. The number of nitrogens with one attached hydrogen (secondary N) is 1. The van der Waals surface area contributed by atoms with Gasteiger partial charge in [0.05, 0.1) is 12.6 Å². The third kappa shape index (κ3) is 4.23. The lowest BCUT2D eigenvalue weighted by atomic mass is 10.0. The number of ether oxygens (including phenoxy) is 1. The first-order chi connectivity index (χ1) is 8.45. The molecular weight excluding hydrogens is 312 g/mol. The van der Waals surface area contributed by atoms with E-state index in [-0.39, 0.29) is 6.04 Å². The van der Waals surface area contributed by atoms with Crippen molar-refractivity contribution in [1.29, 1.82) is 0 Å². The number of nitrogens with two attached hydrogens (primary N) is 1. The molecule has 0 fully saturated rings. The summed E-state index contributed by atoms with van der Waals surface area (Å²) < 4.78 is 6.19. The fourth-order valence-corrected chi connectivity index (χ4v) is 2.16. The van der Waals surface area contributed by atoms with E-state index in [0.717, 1.165) is 15.7 Å². The van der Waals surface area contributed by atoms with E-state index >= 15 is 0 Å². The zero-order valence-electron chi connectivity index (χ0n) is 10.9. The van der Waals surface area contributed by atoms with Crippen molar-refractivity contribution >= 4 is 38.8 Å². The highest BCUT2D eigenvalue weighted by atomic mass is 79.9. The highest BCUT2D eigenvalue weighted by Gasteiger charge is 2.15. The maximum atomic E-state index is 5.75. The van der Waals surface area contributed by atoms with Gasteiger partial charge in [-0.25, -0.2) is 0 Å². The fourth-order valence-electron chi connectivity index (χ4n) is 1.63. The highest BCUT2D eigenvalue weighted by molar-refractivity contribution is 9.10. The van der Waals surface area contributed by atoms with Crippen LogP contribution >= 0.6 is 28.1 Å². The Morgan fingerprint density at radius 3 is 2.67 bits per heavy atom. The van der Waals surface area contributed by atoms with E-state index in [2.05, 4.69) is 35.1 Å². The third-order valence-electron chi connectivity index (χ3n) is 2.74. The van der Waals surface area contributed by atoms with Gasteiger partial charge in [-0.05, 0) is 24.1 Å². The van der Waals surface area contributed by atoms with Gasteiger partial charge in [-0.15, -0.1) is 0 Å². The van der Waals surface area contributed by atoms with Gasteiger partial charge in [-0.2, -0.15) is 0 Å². The van der Waals surface area contributed by atoms with Crippen LogP contribution in [-0.2, 0) is 4.74 Å². The second-order valence-corrected chi connectivity index (χ2v) is 5.86. The standard InChI is InChI=1S/C13H19BrN2OS/c1-8(2)12(7-17-3)16-11-5-4-9(14)6-10(11)13(15)18/h4-6,8,12,16H,7H2,1-3H3,(H2,15,18). The molecule has 0 aliphatic rings. The Morgan fingerprint density at radius 1 is 1.50 bits per heavy atom. The van der Waals surface area contributed by atoms with Crippen molar-refractivity contribution in [2.45, 2.75) is 19.9 Å². The van der Waals surface area contributed by atoms with E-state index in [1.54, 1.807) is 7.11 Å². The lowest BCUT2D eigenvalue weighted by Gasteiger charge is -2.24. The second-order valence-electron chi connectivity index (χ2n) is 4.50. The second kappa shape index (κ2) is 7.07. The van der Waals surface area contributed by atoms with E-state index in [1.165, 1.54) is 0 Å². The van der Waals surface area contributed by atoms with Gasteiger partial charge in [0.15, 0.2) is 0 Å². The van der Waals surface area contributed by atoms with Crippen molar-refractivity contribution in [3.8, 4) is 0 Å². The third-order valence-corrected chi connectivity index (χ3v) is 3.45. The van der Waals surface area contributed by atoms with Gasteiger partial charge < -0.3 is 15.8 Å². The van der Waals surface area contributed by atoms with Gasteiger partial charge >= 0.3 is 0 Å². The minimum absolute atomic E-state index is 0.226. The summed E-state index contributed by atoms with van der Waals surface area (Å²) in [7, 11) is 1.70. The highest BCUT2D eigenvalue weighted by Crippen LogP contribution is 2.23. The number of anilines is 1. The van der Waals surface area contributed by atoms with Gasteiger partial charge in [0.2, 0.25) is 0 Å². The summed E-state index contributed by atoms with van der Waals surface area (Å²) in [5.74, 6) is 0.452. The van der Waals surface area contributed by atoms with Gasteiger partial charge in [-0.3, -0.25) is 0 Å². The Bertz CT molecular complexity index is 423. The van der Waals surface area contributed by atoms with Gasteiger partial charge in [0.25, 0.3) is 0 Å². The Balaban J connectivity index is 2.98. The summed E-state index contributed by atoms with van der Waals surface area (Å²) in [5, 5.41) is 3.44. The fraction of sp³-hybridized carbons (Fsp3) is 0.462. The maximum absolute atomic E-state index is 5.75. The van der Waals surface area contributed by atoms with Gasteiger partial charge in [0, 0.05) is 22.8 Å². The quantitative estimate of drug-likeness (QED) is 0.786. The minimum atomic E-state index is 0.226. The first kappa shape index (κ1) is 15.4. The van der Waals surface area contributed by atoms with Crippen molar-refractivity contribution < 1.29 is 4.74 Å². The molecule has 18 heavy (non-hydrogen) atoms. The number of benzene rings is 1. The van der Waals surface area contributed by atoms with Gasteiger partial charge in [0.1, 0.15) is 4.99 Å². The first-order valence-corrected chi connectivity index (χ1v) is 7.00. The predicted octanol–water partition coefficient (Wildman–Crippen LogP) is 3.17. The zero-order chi connectivity index (χ0) is 13.7. The first-order valence-electron chi connectivity index (χ1n) is 5.80. The number of thiocarbonyl (C=S) groups is 1. The normalized spacial score (nSPS) is 12.5. The van der Waals surface area contributed by atoms with Crippen molar-refractivity contribution in [2.24, 2.45) is 11.7 Å². The molecule has 0 aliphatic carbocycles. The molecule has 0 saturated heterocycles. The summed E-state index contributed by atoms with van der Waals surface area (Å²) in [4.78, 5) is 0.388. The molecule has 0 saturated carbocycles. The summed E-state index contributed by atoms with van der Waals surface area (Å²) in [6.45, 7) is 4.94. The lowest BCUT2D eigenvalue weighted by molar-refractivity contribution is 0.171. The van der Waals surface area contributed by atoms with Crippen LogP contribution in [0.15, 0.2) is 22.7 Å². The van der Waals surface area contributed by atoms with Crippen LogP contribution in [0.1, 0.15) is 19.4 Å². The topological polar surface area (TPSA) is 47.3 Å². The number of rotatable bonds is 6. The zero-order valence-corrected chi connectivity index (χ0v) is 13.3. The average molecular weight is 331 g/mol. The molecule has 0 amide bonds. The molecule has 1 unspecified atom stereocenters. The summed E-state index contributed by atoms with van der Waals surface area (Å²) >= 11 is 8.50. The molecule has 1 rings (SSSR count). The van der Waals surface area contributed by atoms with E-state index < -0.39 is 0 Å². The maximum Gasteiger partial charge on any atom is 0.106 e. The number of hydrogen-bond donors (Lipinski definition) is 2.